The highest BCUT2D eigenvalue weighted by molar-refractivity contribution is 7.89. The first kappa shape index (κ1) is 16.3. The third-order valence-electron chi connectivity index (χ3n) is 2.26. The Morgan fingerprint density at radius 3 is 2.74 bits per heavy atom. The number of hydrogen-bond donors (Lipinski definition) is 2. The Balaban J connectivity index is 2.54. The summed E-state index contributed by atoms with van der Waals surface area (Å²) in [7, 11) is -2.31. The zero-order chi connectivity index (χ0) is 14.3. The quantitative estimate of drug-likeness (QED) is 0.703. The summed E-state index contributed by atoms with van der Waals surface area (Å²) in [5, 5.41) is 3.13. The summed E-state index contributed by atoms with van der Waals surface area (Å²) in [6, 6.07) is 3.40. The van der Waals surface area contributed by atoms with Gasteiger partial charge in [-0.05, 0) is 18.2 Å². The molecule has 0 aliphatic heterocycles. The molecule has 0 radical (unpaired) electrons. The Morgan fingerprint density at radius 1 is 1.32 bits per heavy atom. The van der Waals surface area contributed by atoms with E-state index in [0.717, 1.165) is 12.1 Å². The van der Waals surface area contributed by atoms with Gasteiger partial charge in [0.2, 0.25) is 10.0 Å². The highest BCUT2D eigenvalue weighted by Gasteiger charge is 2.18. The summed E-state index contributed by atoms with van der Waals surface area (Å²) in [6.07, 6.45) is 0. The Morgan fingerprint density at radius 2 is 2.05 bits per heavy atom. The average molecular weight is 311 g/mol. The fourth-order valence-electron chi connectivity index (χ4n) is 1.33. The fraction of sp³-hybridized carbons (Fsp3) is 0.455. The van der Waals surface area contributed by atoms with Crippen LogP contribution in [0, 0.1) is 5.82 Å². The molecule has 0 atom stereocenters. The van der Waals surface area contributed by atoms with Crippen LogP contribution < -0.4 is 10.0 Å². The molecule has 0 spiro atoms. The zero-order valence-corrected chi connectivity index (χ0v) is 12.0. The van der Waals surface area contributed by atoms with Crippen molar-refractivity contribution in [3.05, 3.63) is 29.0 Å². The molecular weight excluding hydrogens is 295 g/mol. The maximum absolute atomic E-state index is 13.4. The number of methoxy groups -OCH3 is 1. The van der Waals surface area contributed by atoms with Crippen molar-refractivity contribution in [1.29, 1.82) is 0 Å². The average Bonchev–Trinajstić information content (AvgIpc) is 2.36. The smallest absolute Gasteiger partial charge is 0.243 e. The summed E-state index contributed by atoms with van der Waals surface area (Å²) in [5.74, 6) is -0.829. The predicted molar refractivity (Wildman–Crippen MR) is 71.3 cm³/mol. The van der Waals surface area contributed by atoms with Crippen molar-refractivity contribution in [3.63, 3.8) is 0 Å². The van der Waals surface area contributed by atoms with Crippen LogP contribution in [0.15, 0.2) is 23.1 Å². The van der Waals surface area contributed by atoms with E-state index in [2.05, 4.69) is 10.0 Å². The van der Waals surface area contributed by atoms with Crippen LogP contribution in [0.2, 0.25) is 5.02 Å². The molecule has 1 aromatic rings. The minimum absolute atomic E-state index is 0.151. The lowest BCUT2D eigenvalue weighted by Crippen LogP contribution is -2.33. The van der Waals surface area contributed by atoms with Gasteiger partial charge in [0.25, 0.3) is 0 Å². The first-order valence-electron chi connectivity index (χ1n) is 5.62. The van der Waals surface area contributed by atoms with Crippen LogP contribution in [0.3, 0.4) is 0 Å². The van der Waals surface area contributed by atoms with Gasteiger partial charge in [-0.1, -0.05) is 11.6 Å². The summed E-state index contributed by atoms with van der Waals surface area (Å²) in [6.45, 7) is 1.72. The van der Waals surface area contributed by atoms with Crippen LogP contribution in [-0.2, 0) is 14.8 Å². The Labute approximate surface area is 117 Å². The zero-order valence-electron chi connectivity index (χ0n) is 10.4. The molecule has 0 aliphatic rings. The second-order valence-electron chi connectivity index (χ2n) is 3.72. The van der Waals surface area contributed by atoms with E-state index in [4.69, 9.17) is 16.3 Å². The standard InChI is InChI=1S/C11H16ClFN2O3S/c1-18-7-6-14-4-5-15-19(16,17)11-8-9(12)2-3-10(11)13/h2-3,8,14-15H,4-7H2,1H3. The molecule has 0 aromatic heterocycles. The van der Waals surface area contributed by atoms with E-state index < -0.39 is 20.7 Å². The molecule has 0 saturated heterocycles. The molecule has 1 aromatic carbocycles. The molecular formula is C11H16ClFN2O3S. The first-order valence-corrected chi connectivity index (χ1v) is 7.48. The van der Waals surface area contributed by atoms with Gasteiger partial charge >= 0.3 is 0 Å². The summed E-state index contributed by atoms with van der Waals surface area (Å²) in [4.78, 5) is -0.447. The van der Waals surface area contributed by atoms with Gasteiger partial charge in [0, 0.05) is 31.8 Å². The molecule has 0 amide bonds. The predicted octanol–water partition coefficient (Wildman–Crippen LogP) is 0.993. The van der Waals surface area contributed by atoms with E-state index >= 15 is 0 Å². The van der Waals surface area contributed by atoms with Gasteiger partial charge in [-0.15, -0.1) is 0 Å². The van der Waals surface area contributed by atoms with Gasteiger partial charge in [0.1, 0.15) is 10.7 Å². The second-order valence-corrected chi connectivity index (χ2v) is 5.89. The topological polar surface area (TPSA) is 67.4 Å². The van der Waals surface area contributed by atoms with Crippen molar-refractivity contribution in [1.82, 2.24) is 10.0 Å². The molecule has 0 saturated carbocycles. The van der Waals surface area contributed by atoms with Gasteiger partial charge in [0.05, 0.1) is 6.61 Å². The molecule has 19 heavy (non-hydrogen) atoms. The summed E-state index contributed by atoms with van der Waals surface area (Å²) < 4.78 is 44.2. The van der Waals surface area contributed by atoms with Gasteiger partial charge < -0.3 is 10.1 Å². The number of rotatable bonds is 8. The first-order chi connectivity index (χ1) is 8.97. The Bertz CT molecular complexity index is 511. The largest absolute Gasteiger partial charge is 0.383 e. The molecule has 5 nitrogen and oxygen atoms in total. The third kappa shape index (κ3) is 5.42. The summed E-state index contributed by atoms with van der Waals surface area (Å²) >= 11 is 5.66. The molecule has 0 unspecified atom stereocenters. The number of ether oxygens (including phenoxy) is 1. The maximum atomic E-state index is 13.4. The molecule has 1 rings (SSSR count). The monoisotopic (exact) mass is 310 g/mol. The number of sulfonamides is 1. The van der Waals surface area contributed by atoms with Gasteiger partial charge in [0.15, 0.2) is 0 Å². The molecule has 0 fully saturated rings. The fourth-order valence-corrected chi connectivity index (χ4v) is 2.70. The lowest BCUT2D eigenvalue weighted by molar-refractivity contribution is 0.199. The number of hydrogen-bond acceptors (Lipinski definition) is 4. The number of halogens is 2. The molecule has 0 heterocycles. The van der Waals surface area contributed by atoms with Crippen molar-refractivity contribution < 1.29 is 17.5 Å². The normalized spacial score (nSPS) is 11.7. The van der Waals surface area contributed by atoms with Gasteiger partial charge in [-0.25, -0.2) is 17.5 Å². The van der Waals surface area contributed by atoms with Gasteiger partial charge in [-0.2, -0.15) is 0 Å². The minimum Gasteiger partial charge on any atom is -0.383 e. The highest BCUT2D eigenvalue weighted by Crippen LogP contribution is 2.19. The highest BCUT2D eigenvalue weighted by atomic mass is 35.5. The number of benzene rings is 1. The Hall–Kier alpha value is -0.730. The molecule has 0 bridgehead atoms. The minimum atomic E-state index is -3.89. The van der Waals surface area contributed by atoms with Crippen LogP contribution in [-0.4, -0.2) is 41.8 Å². The number of nitrogens with one attached hydrogen (secondary N) is 2. The van der Waals surface area contributed by atoms with Crippen LogP contribution in [0.5, 0.6) is 0 Å². The molecule has 2 N–H and O–H groups in total. The summed E-state index contributed by atoms with van der Waals surface area (Å²) in [5.41, 5.74) is 0. The van der Waals surface area contributed by atoms with Gasteiger partial charge in [-0.3, -0.25) is 0 Å². The van der Waals surface area contributed by atoms with E-state index in [1.54, 1.807) is 7.11 Å². The van der Waals surface area contributed by atoms with E-state index in [-0.39, 0.29) is 11.6 Å². The molecule has 0 aliphatic carbocycles. The van der Waals surface area contributed by atoms with Crippen LogP contribution in [0.25, 0.3) is 0 Å². The van der Waals surface area contributed by atoms with Crippen LogP contribution >= 0.6 is 11.6 Å². The van der Waals surface area contributed by atoms with Crippen molar-refractivity contribution in [2.45, 2.75) is 4.90 Å². The van der Waals surface area contributed by atoms with Crippen molar-refractivity contribution in [3.8, 4) is 0 Å². The van der Waals surface area contributed by atoms with Crippen LogP contribution in [0.1, 0.15) is 0 Å². The van der Waals surface area contributed by atoms with E-state index in [0.29, 0.717) is 19.7 Å². The van der Waals surface area contributed by atoms with Crippen molar-refractivity contribution >= 4 is 21.6 Å². The van der Waals surface area contributed by atoms with Crippen molar-refractivity contribution in [2.75, 3.05) is 33.4 Å². The lowest BCUT2D eigenvalue weighted by atomic mass is 10.3. The molecule has 108 valence electrons. The maximum Gasteiger partial charge on any atom is 0.243 e. The van der Waals surface area contributed by atoms with E-state index in [1.165, 1.54) is 6.07 Å². The Kier molecular flexibility index (Phi) is 6.67. The van der Waals surface area contributed by atoms with E-state index in [1.807, 2.05) is 0 Å². The SMILES string of the molecule is COCCNCCNS(=O)(=O)c1cc(Cl)ccc1F. The van der Waals surface area contributed by atoms with E-state index in [9.17, 15) is 12.8 Å². The lowest BCUT2D eigenvalue weighted by Gasteiger charge is -2.08. The second kappa shape index (κ2) is 7.76. The van der Waals surface area contributed by atoms with Crippen LogP contribution in [0.4, 0.5) is 4.39 Å². The van der Waals surface area contributed by atoms with Crippen molar-refractivity contribution in [2.24, 2.45) is 0 Å². The molecule has 8 heteroatoms. The third-order valence-corrected chi connectivity index (χ3v) is 3.97.